The molecule has 12 heteroatoms. The van der Waals surface area contributed by atoms with Crippen LogP contribution >= 0.6 is 35.3 Å². The number of nitrogens with one attached hydrogen (secondary N) is 2. The van der Waals surface area contributed by atoms with Crippen molar-refractivity contribution < 1.29 is 26.7 Å². The van der Waals surface area contributed by atoms with Crippen LogP contribution in [-0.2, 0) is 19.3 Å². The number of alkyl halides is 5. The minimum Gasteiger partial charge on any atom is -0.434 e. The third-order valence-corrected chi connectivity index (χ3v) is 3.96. The third kappa shape index (κ3) is 7.44. The molecule has 2 aromatic rings. The Balaban J connectivity index is 0.00000364. The van der Waals surface area contributed by atoms with Crippen LogP contribution < -0.4 is 15.4 Å². The van der Waals surface area contributed by atoms with E-state index in [-0.39, 0.29) is 53.8 Å². The first-order valence-electron chi connectivity index (χ1n) is 7.28. The van der Waals surface area contributed by atoms with Gasteiger partial charge in [0.05, 0.1) is 6.54 Å². The van der Waals surface area contributed by atoms with Crippen molar-refractivity contribution >= 4 is 41.3 Å². The van der Waals surface area contributed by atoms with Crippen LogP contribution in [0.5, 0.6) is 5.75 Å². The Bertz CT molecular complexity index is 754. The van der Waals surface area contributed by atoms with E-state index in [4.69, 9.17) is 0 Å². The zero-order chi connectivity index (χ0) is 19.2. The number of aromatic nitrogens is 1. The molecule has 0 fully saturated rings. The van der Waals surface area contributed by atoms with E-state index in [1.165, 1.54) is 13.1 Å². The number of rotatable bonds is 6. The molecule has 0 spiro atoms. The van der Waals surface area contributed by atoms with E-state index >= 15 is 0 Å². The lowest BCUT2D eigenvalue weighted by atomic mass is 10.2. The predicted octanol–water partition coefficient (Wildman–Crippen LogP) is 4.25. The molecule has 0 atom stereocenters. The Morgan fingerprint density at radius 1 is 1.22 bits per heavy atom. The summed E-state index contributed by atoms with van der Waals surface area (Å²) < 4.78 is 66.8. The van der Waals surface area contributed by atoms with Gasteiger partial charge in [0.2, 0.25) is 0 Å². The van der Waals surface area contributed by atoms with Crippen molar-refractivity contribution in [3.05, 3.63) is 45.9 Å². The van der Waals surface area contributed by atoms with Gasteiger partial charge in [-0.25, -0.2) is 4.98 Å². The van der Waals surface area contributed by atoms with E-state index in [9.17, 15) is 22.0 Å². The molecule has 0 bridgehead atoms. The Morgan fingerprint density at radius 2 is 1.89 bits per heavy atom. The molecule has 0 unspecified atom stereocenters. The second-order valence-corrected chi connectivity index (χ2v) is 5.83. The van der Waals surface area contributed by atoms with Gasteiger partial charge in [-0.3, -0.25) is 4.99 Å². The van der Waals surface area contributed by atoms with Crippen LogP contribution in [0.15, 0.2) is 34.6 Å². The summed E-state index contributed by atoms with van der Waals surface area (Å²) in [5, 5.41) is 6.86. The maximum atomic E-state index is 12.5. The Kier molecular flexibility index (Phi) is 9.15. The molecule has 2 N–H and O–H groups in total. The SMILES string of the molecule is CN=C(NCc1nc(C(F)(F)F)cs1)NCc1ccccc1OC(F)F.I. The van der Waals surface area contributed by atoms with Crippen molar-refractivity contribution in [3.8, 4) is 5.75 Å². The van der Waals surface area contributed by atoms with Gasteiger partial charge >= 0.3 is 12.8 Å². The van der Waals surface area contributed by atoms with Crippen molar-refractivity contribution in [3.63, 3.8) is 0 Å². The zero-order valence-electron chi connectivity index (χ0n) is 13.9. The molecule has 0 saturated carbocycles. The summed E-state index contributed by atoms with van der Waals surface area (Å²) in [7, 11) is 1.47. The first-order chi connectivity index (χ1) is 12.3. The van der Waals surface area contributed by atoms with Crippen molar-refractivity contribution in [1.82, 2.24) is 15.6 Å². The number of guanidine groups is 1. The van der Waals surface area contributed by atoms with E-state index in [1.54, 1.807) is 18.2 Å². The third-order valence-electron chi connectivity index (χ3n) is 3.11. The summed E-state index contributed by atoms with van der Waals surface area (Å²) >= 11 is 0.873. The van der Waals surface area contributed by atoms with Crippen molar-refractivity contribution in [2.24, 2.45) is 4.99 Å². The molecule has 1 heterocycles. The molecular weight excluding hydrogens is 506 g/mol. The zero-order valence-corrected chi connectivity index (χ0v) is 17.0. The number of benzene rings is 1. The molecule has 1 aromatic heterocycles. The normalized spacial score (nSPS) is 11.9. The van der Waals surface area contributed by atoms with Crippen LogP contribution in [0.3, 0.4) is 0 Å². The molecule has 0 aliphatic heterocycles. The van der Waals surface area contributed by atoms with Crippen molar-refractivity contribution in [1.29, 1.82) is 0 Å². The molecule has 0 amide bonds. The summed E-state index contributed by atoms with van der Waals surface area (Å²) in [6, 6.07) is 6.25. The van der Waals surface area contributed by atoms with E-state index in [1.807, 2.05) is 0 Å². The van der Waals surface area contributed by atoms with E-state index in [0.29, 0.717) is 5.56 Å². The number of nitrogens with zero attached hydrogens (tertiary/aromatic N) is 2. The molecule has 2 rings (SSSR count). The molecule has 150 valence electrons. The minimum absolute atomic E-state index is 0. The van der Waals surface area contributed by atoms with E-state index < -0.39 is 18.5 Å². The van der Waals surface area contributed by atoms with Gasteiger partial charge in [0.15, 0.2) is 11.7 Å². The van der Waals surface area contributed by atoms with Crippen LogP contribution in [-0.4, -0.2) is 24.6 Å². The second-order valence-electron chi connectivity index (χ2n) is 4.89. The van der Waals surface area contributed by atoms with Crippen molar-refractivity contribution in [2.45, 2.75) is 25.9 Å². The highest BCUT2D eigenvalue weighted by molar-refractivity contribution is 14.0. The first kappa shape index (κ1) is 23.3. The summed E-state index contributed by atoms with van der Waals surface area (Å²) in [5.41, 5.74) is -0.468. The summed E-state index contributed by atoms with van der Waals surface area (Å²) in [6.45, 7) is -2.77. The molecule has 0 radical (unpaired) electrons. The van der Waals surface area contributed by atoms with Gasteiger partial charge in [-0.1, -0.05) is 18.2 Å². The fraction of sp³-hybridized carbons (Fsp3) is 0.333. The number of hydrogen-bond donors (Lipinski definition) is 2. The van der Waals surface area contributed by atoms with Crippen LogP contribution in [0, 0.1) is 0 Å². The lowest BCUT2D eigenvalue weighted by Gasteiger charge is -2.14. The van der Waals surface area contributed by atoms with E-state index in [2.05, 4.69) is 25.3 Å². The molecule has 27 heavy (non-hydrogen) atoms. The summed E-state index contributed by atoms with van der Waals surface area (Å²) in [4.78, 5) is 7.42. The summed E-state index contributed by atoms with van der Waals surface area (Å²) in [6.07, 6.45) is -4.48. The Labute approximate surface area is 173 Å². The first-order valence-corrected chi connectivity index (χ1v) is 8.16. The largest absolute Gasteiger partial charge is 0.434 e. The summed E-state index contributed by atoms with van der Waals surface area (Å²) in [5.74, 6) is 0.306. The molecule has 0 aliphatic rings. The number of para-hydroxylation sites is 1. The quantitative estimate of drug-likeness (QED) is 0.258. The standard InChI is InChI=1S/C15H15F5N4OS.HI/c1-21-14(23-7-12-24-11(8-26-12)15(18,19)20)22-6-9-4-2-3-5-10(9)25-13(16)17;/h2-5,8,13H,6-7H2,1H3,(H2,21,22,23);1H. The maximum absolute atomic E-state index is 12.5. The molecular formula is C15H16F5IN4OS. The number of aliphatic imine (C=N–C) groups is 1. The van der Waals surface area contributed by atoms with Crippen LogP contribution in [0.2, 0.25) is 0 Å². The van der Waals surface area contributed by atoms with E-state index in [0.717, 1.165) is 16.7 Å². The topological polar surface area (TPSA) is 58.5 Å². The monoisotopic (exact) mass is 522 g/mol. The van der Waals surface area contributed by atoms with Gasteiger partial charge in [0, 0.05) is 24.5 Å². The Morgan fingerprint density at radius 3 is 2.48 bits per heavy atom. The number of halogens is 6. The fourth-order valence-corrected chi connectivity index (χ4v) is 2.68. The molecule has 0 aliphatic carbocycles. The van der Waals surface area contributed by atoms with Gasteiger partial charge in [-0.05, 0) is 6.07 Å². The lowest BCUT2D eigenvalue weighted by molar-refractivity contribution is -0.140. The predicted molar refractivity (Wildman–Crippen MR) is 103 cm³/mol. The highest BCUT2D eigenvalue weighted by atomic mass is 127. The number of hydrogen-bond acceptors (Lipinski definition) is 4. The molecule has 5 nitrogen and oxygen atoms in total. The lowest BCUT2D eigenvalue weighted by Crippen LogP contribution is -2.36. The van der Waals surface area contributed by atoms with Gasteiger partial charge in [0.1, 0.15) is 10.8 Å². The fourth-order valence-electron chi connectivity index (χ4n) is 1.94. The van der Waals surface area contributed by atoms with Gasteiger partial charge in [-0.2, -0.15) is 22.0 Å². The van der Waals surface area contributed by atoms with Crippen molar-refractivity contribution in [2.75, 3.05) is 7.05 Å². The van der Waals surface area contributed by atoms with Gasteiger partial charge in [-0.15, -0.1) is 35.3 Å². The average molecular weight is 522 g/mol. The Hall–Kier alpha value is -1.70. The molecule has 0 saturated heterocycles. The molecule has 1 aromatic carbocycles. The van der Waals surface area contributed by atoms with Crippen LogP contribution in [0.1, 0.15) is 16.3 Å². The number of thiazole rings is 1. The minimum atomic E-state index is -4.48. The van der Waals surface area contributed by atoms with Crippen LogP contribution in [0.25, 0.3) is 0 Å². The highest BCUT2D eigenvalue weighted by Crippen LogP contribution is 2.29. The van der Waals surface area contributed by atoms with Crippen LogP contribution in [0.4, 0.5) is 22.0 Å². The second kappa shape index (κ2) is 10.6. The smallest absolute Gasteiger partial charge is 0.434 e. The maximum Gasteiger partial charge on any atom is 0.434 e. The van der Waals surface area contributed by atoms with Gasteiger partial charge < -0.3 is 15.4 Å². The average Bonchev–Trinajstić information content (AvgIpc) is 3.05. The highest BCUT2D eigenvalue weighted by Gasteiger charge is 2.33. The number of ether oxygens (including phenoxy) is 1. The van der Waals surface area contributed by atoms with Gasteiger partial charge in [0.25, 0.3) is 0 Å².